The number of benzene rings is 1. The number of rotatable bonds is 7. The van der Waals surface area contributed by atoms with Crippen LogP contribution in [0.1, 0.15) is 12.8 Å². The molecule has 0 radical (unpaired) electrons. The van der Waals surface area contributed by atoms with Crippen LogP contribution in [0.15, 0.2) is 29.2 Å². The van der Waals surface area contributed by atoms with Crippen molar-refractivity contribution in [2.75, 3.05) is 26.9 Å². The molecule has 1 aliphatic rings. The molecule has 1 atom stereocenters. The van der Waals surface area contributed by atoms with Gasteiger partial charge in [-0.15, -0.1) is 0 Å². The number of carboxylic acids is 1. The van der Waals surface area contributed by atoms with Crippen LogP contribution in [0, 0.1) is 0 Å². The van der Waals surface area contributed by atoms with E-state index in [0.717, 1.165) is 4.31 Å². The zero-order chi connectivity index (χ0) is 16.2. The van der Waals surface area contributed by atoms with Gasteiger partial charge < -0.3 is 14.6 Å². The lowest BCUT2D eigenvalue weighted by molar-refractivity contribution is -0.140. The number of hydrogen-bond donors (Lipinski definition) is 1. The second-order valence-electron chi connectivity index (χ2n) is 4.92. The zero-order valence-electron chi connectivity index (χ0n) is 12.3. The Morgan fingerprint density at radius 2 is 2.00 bits per heavy atom. The van der Waals surface area contributed by atoms with Crippen molar-refractivity contribution in [3.8, 4) is 5.75 Å². The molecule has 0 aliphatic carbocycles. The van der Waals surface area contributed by atoms with Gasteiger partial charge in [0.2, 0.25) is 10.0 Å². The molecule has 122 valence electrons. The number of methoxy groups -OCH3 is 1. The van der Waals surface area contributed by atoms with Gasteiger partial charge in [0.25, 0.3) is 0 Å². The maximum atomic E-state index is 12.5. The average Bonchev–Trinajstić information content (AvgIpc) is 2.98. The summed E-state index contributed by atoms with van der Waals surface area (Å²) in [6.07, 6.45) is 0.890. The molecule has 0 unspecified atom stereocenters. The zero-order valence-corrected chi connectivity index (χ0v) is 13.1. The Morgan fingerprint density at radius 1 is 1.32 bits per heavy atom. The molecule has 8 heteroatoms. The number of hydrogen-bond acceptors (Lipinski definition) is 5. The average molecular weight is 329 g/mol. The van der Waals surface area contributed by atoms with Crippen LogP contribution in [-0.4, -0.2) is 56.7 Å². The van der Waals surface area contributed by atoms with Crippen molar-refractivity contribution in [3.63, 3.8) is 0 Å². The highest BCUT2D eigenvalue weighted by Crippen LogP contribution is 2.27. The monoisotopic (exact) mass is 329 g/mol. The van der Waals surface area contributed by atoms with E-state index in [4.69, 9.17) is 14.6 Å². The number of sulfonamides is 1. The van der Waals surface area contributed by atoms with E-state index in [1.165, 1.54) is 12.1 Å². The summed E-state index contributed by atoms with van der Waals surface area (Å²) in [5.74, 6) is -0.576. The van der Waals surface area contributed by atoms with Gasteiger partial charge in [0, 0.05) is 13.7 Å². The Bertz CT molecular complexity index is 613. The molecule has 1 saturated heterocycles. The first kappa shape index (κ1) is 16.7. The maximum absolute atomic E-state index is 12.5. The van der Waals surface area contributed by atoms with E-state index in [1.807, 2.05) is 0 Å². The predicted molar refractivity (Wildman–Crippen MR) is 78.4 cm³/mol. The van der Waals surface area contributed by atoms with Crippen LogP contribution in [0.25, 0.3) is 0 Å². The summed E-state index contributed by atoms with van der Waals surface area (Å²) in [4.78, 5) is 11.2. The van der Waals surface area contributed by atoms with E-state index in [1.54, 1.807) is 19.2 Å². The third-order valence-corrected chi connectivity index (χ3v) is 5.40. The fourth-order valence-corrected chi connectivity index (χ4v) is 4.01. The summed E-state index contributed by atoms with van der Waals surface area (Å²) in [7, 11) is -2.24. The second kappa shape index (κ2) is 7.08. The first-order chi connectivity index (χ1) is 10.5. The summed E-state index contributed by atoms with van der Waals surface area (Å²) in [6.45, 7) is 1.04. The summed E-state index contributed by atoms with van der Waals surface area (Å²) in [5.41, 5.74) is 0. The van der Waals surface area contributed by atoms with Crippen molar-refractivity contribution < 1.29 is 27.8 Å². The summed E-state index contributed by atoms with van der Waals surface area (Å²) in [5, 5.41) is 9.12. The molecule has 1 heterocycles. The molecule has 2 rings (SSSR count). The van der Waals surface area contributed by atoms with Crippen LogP contribution in [0.2, 0.25) is 0 Å². The smallest absolute Gasteiger partial charge is 0.322 e. The van der Waals surface area contributed by atoms with Gasteiger partial charge in [0.05, 0.1) is 11.5 Å². The van der Waals surface area contributed by atoms with Crippen LogP contribution < -0.4 is 4.74 Å². The minimum Gasteiger partial charge on any atom is -0.491 e. The van der Waals surface area contributed by atoms with Gasteiger partial charge in [0.15, 0.2) is 0 Å². The minimum absolute atomic E-state index is 0.0692. The Hall–Kier alpha value is -1.64. The largest absolute Gasteiger partial charge is 0.491 e. The molecule has 22 heavy (non-hydrogen) atoms. The molecule has 0 bridgehead atoms. The van der Waals surface area contributed by atoms with Gasteiger partial charge in [-0.25, -0.2) is 8.42 Å². The van der Waals surface area contributed by atoms with Crippen molar-refractivity contribution >= 4 is 16.0 Å². The van der Waals surface area contributed by atoms with E-state index >= 15 is 0 Å². The fraction of sp³-hybridized carbons (Fsp3) is 0.500. The van der Waals surface area contributed by atoms with E-state index in [9.17, 15) is 13.2 Å². The van der Waals surface area contributed by atoms with Gasteiger partial charge >= 0.3 is 5.97 Å². The summed E-state index contributed by atoms with van der Waals surface area (Å²) in [6, 6.07) is 4.97. The van der Waals surface area contributed by atoms with Gasteiger partial charge in [-0.3, -0.25) is 4.79 Å². The molecule has 0 spiro atoms. The Labute approximate surface area is 129 Å². The van der Waals surface area contributed by atoms with Crippen molar-refractivity contribution in [3.05, 3.63) is 24.3 Å². The molecule has 0 amide bonds. The van der Waals surface area contributed by atoms with Crippen molar-refractivity contribution in [1.82, 2.24) is 4.31 Å². The molecule has 1 aliphatic heterocycles. The third kappa shape index (κ3) is 3.57. The van der Waals surface area contributed by atoms with Gasteiger partial charge in [0.1, 0.15) is 18.4 Å². The number of carboxylic acid groups (broad SMARTS) is 1. The van der Waals surface area contributed by atoms with Gasteiger partial charge in [-0.1, -0.05) is 0 Å². The van der Waals surface area contributed by atoms with Crippen LogP contribution in [0.3, 0.4) is 0 Å². The molecule has 1 N–H and O–H groups in total. The maximum Gasteiger partial charge on any atom is 0.322 e. The lowest BCUT2D eigenvalue weighted by Crippen LogP contribution is -2.40. The van der Waals surface area contributed by atoms with Gasteiger partial charge in [-0.05, 0) is 37.1 Å². The lowest BCUT2D eigenvalue weighted by Gasteiger charge is -2.21. The first-order valence-corrected chi connectivity index (χ1v) is 8.37. The molecular formula is C14H19NO6S. The lowest BCUT2D eigenvalue weighted by atomic mass is 10.2. The van der Waals surface area contributed by atoms with E-state index < -0.39 is 22.0 Å². The van der Waals surface area contributed by atoms with Crippen LogP contribution >= 0.6 is 0 Å². The molecule has 1 aromatic carbocycles. The number of aliphatic carboxylic acids is 1. The van der Waals surface area contributed by atoms with Crippen molar-refractivity contribution in [2.45, 2.75) is 23.8 Å². The standard InChI is InChI=1S/C14H19NO6S/c1-20-9-10-21-11-4-6-12(7-5-11)22(18,19)15-8-2-3-13(15)14(16)17/h4-7,13H,2-3,8-10H2,1H3,(H,16,17)/t13-/m0/s1. The molecule has 1 fully saturated rings. The molecule has 0 aromatic heterocycles. The highest BCUT2D eigenvalue weighted by molar-refractivity contribution is 7.89. The Kier molecular flexibility index (Phi) is 5.38. The Morgan fingerprint density at radius 3 is 2.59 bits per heavy atom. The fourth-order valence-electron chi connectivity index (χ4n) is 2.36. The molecular weight excluding hydrogens is 310 g/mol. The highest BCUT2D eigenvalue weighted by Gasteiger charge is 2.39. The topological polar surface area (TPSA) is 93.1 Å². The highest BCUT2D eigenvalue weighted by atomic mass is 32.2. The first-order valence-electron chi connectivity index (χ1n) is 6.93. The number of carbonyl (C=O) groups is 1. The number of nitrogens with zero attached hydrogens (tertiary/aromatic N) is 1. The van der Waals surface area contributed by atoms with Crippen LogP contribution in [0.5, 0.6) is 5.75 Å². The number of ether oxygens (including phenoxy) is 2. The second-order valence-corrected chi connectivity index (χ2v) is 6.82. The summed E-state index contributed by atoms with van der Waals surface area (Å²) >= 11 is 0. The molecule has 1 aromatic rings. The normalized spacial score (nSPS) is 19.2. The van der Waals surface area contributed by atoms with Crippen LogP contribution in [0.4, 0.5) is 0 Å². The van der Waals surface area contributed by atoms with Crippen molar-refractivity contribution in [2.24, 2.45) is 0 Å². The molecule has 0 saturated carbocycles. The van der Waals surface area contributed by atoms with E-state index in [2.05, 4.69) is 0 Å². The minimum atomic E-state index is -3.80. The van der Waals surface area contributed by atoms with E-state index in [0.29, 0.717) is 31.8 Å². The molecule has 7 nitrogen and oxygen atoms in total. The predicted octanol–water partition coefficient (Wildman–Crippen LogP) is 0.950. The summed E-state index contributed by atoms with van der Waals surface area (Å²) < 4.78 is 36.3. The SMILES string of the molecule is COCCOc1ccc(S(=O)(=O)N2CCC[C@H]2C(=O)O)cc1. The van der Waals surface area contributed by atoms with E-state index in [-0.39, 0.29) is 11.4 Å². The van der Waals surface area contributed by atoms with Gasteiger partial charge in [-0.2, -0.15) is 4.31 Å². The third-order valence-electron chi connectivity index (χ3n) is 3.48. The van der Waals surface area contributed by atoms with Crippen LogP contribution in [-0.2, 0) is 19.6 Å². The Balaban J connectivity index is 2.14. The quantitative estimate of drug-likeness (QED) is 0.749. The van der Waals surface area contributed by atoms with Crippen molar-refractivity contribution in [1.29, 1.82) is 0 Å².